The van der Waals surface area contributed by atoms with Crippen molar-refractivity contribution in [2.45, 2.75) is 49.9 Å². The summed E-state index contributed by atoms with van der Waals surface area (Å²) in [5.41, 5.74) is 1.53. The standard InChI is InChI=1S/C13H24N4O2S2/c1-3-6-14-9-12-10(2)16-17-13(12)21(18,19)15-8-11-5-4-7-20-11/h11,14-15H,3-9H2,1-2H3,(H,16,17). The molecule has 1 aliphatic rings. The van der Waals surface area contributed by atoms with Gasteiger partial charge in [-0.2, -0.15) is 16.9 Å². The Balaban J connectivity index is 2.04. The highest BCUT2D eigenvalue weighted by Crippen LogP contribution is 2.26. The molecule has 3 N–H and O–H groups in total. The van der Waals surface area contributed by atoms with Crippen molar-refractivity contribution in [3.8, 4) is 0 Å². The van der Waals surface area contributed by atoms with Gasteiger partial charge in [0.15, 0.2) is 5.03 Å². The highest BCUT2D eigenvalue weighted by atomic mass is 32.2. The highest BCUT2D eigenvalue weighted by molar-refractivity contribution is 8.00. The molecule has 8 heteroatoms. The van der Waals surface area contributed by atoms with Gasteiger partial charge in [0.2, 0.25) is 0 Å². The second-order valence-corrected chi connectivity index (χ2v) is 8.39. The second kappa shape index (κ2) is 7.62. The van der Waals surface area contributed by atoms with E-state index in [9.17, 15) is 8.42 Å². The van der Waals surface area contributed by atoms with Crippen molar-refractivity contribution >= 4 is 21.8 Å². The molecule has 1 unspecified atom stereocenters. The van der Waals surface area contributed by atoms with Gasteiger partial charge in [-0.3, -0.25) is 5.10 Å². The molecule has 1 fully saturated rings. The van der Waals surface area contributed by atoms with Crippen LogP contribution in [0.15, 0.2) is 5.03 Å². The fourth-order valence-electron chi connectivity index (χ4n) is 2.33. The molecule has 0 amide bonds. The zero-order valence-corrected chi connectivity index (χ0v) is 14.2. The second-order valence-electron chi connectivity index (χ2n) is 5.30. The van der Waals surface area contributed by atoms with Crippen LogP contribution in [0.2, 0.25) is 0 Å². The Morgan fingerprint density at radius 2 is 2.29 bits per heavy atom. The number of hydrogen-bond acceptors (Lipinski definition) is 5. The first kappa shape index (κ1) is 16.8. The number of nitrogens with one attached hydrogen (secondary N) is 3. The predicted molar refractivity (Wildman–Crippen MR) is 86.0 cm³/mol. The fraction of sp³-hybridized carbons (Fsp3) is 0.769. The third-order valence-electron chi connectivity index (χ3n) is 3.54. The summed E-state index contributed by atoms with van der Waals surface area (Å²) in [6.07, 6.45) is 3.26. The van der Waals surface area contributed by atoms with Gasteiger partial charge in [0.25, 0.3) is 10.0 Å². The maximum absolute atomic E-state index is 12.4. The summed E-state index contributed by atoms with van der Waals surface area (Å²) in [4.78, 5) is 0. The monoisotopic (exact) mass is 332 g/mol. The minimum atomic E-state index is -3.54. The molecule has 1 atom stereocenters. The van der Waals surface area contributed by atoms with E-state index in [2.05, 4.69) is 27.2 Å². The number of aromatic nitrogens is 2. The normalized spacial score (nSPS) is 19.2. The van der Waals surface area contributed by atoms with Gasteiger partial charge in [0.05, 0.1) is 0 Å². The average molecular weight is 332 g/mol. The highest BCUT2D eigenvalue weighted by Gasteiger charge is 2.25. The molecule has 0 bridgehead atoms. The van der Waals surface area contributed by atoms with Crippen molar-refractivity contribution in [2.75, 3.05) is 18.8 Å². The zero-order valence-electron chi connectivity index (χ0n) is 12.6. The maximum Gasteiger partial charge on any atom is 0.260 e. The van der Waals surface area contributed by atoms with Gasteiger partial charge in [-0.1, -0.05) is 6.92 Å². The van der Waals surface area contributed by atoms with E-state index < -0.39 is 10.0 Å². The quantitative estimate of drug-likeness (QED) is 0.626. The molecule has 6 nitrogen and oxygen atoms in total. The first-order valence-electron chi connectivity index (χ1n) is 7.40. The van der Waals surface area contributed by atoms with Gasteiger partial charge >= 0.3 is 0 Å². The molecular weight excluding hydrogens is 308 g/mol. The summed E-state index contributed by atoms with van der Waals surface area (Å²) in [5, 5.41) is 10.5. The zero-order chi connectivity index (χ0) is 15.3. The molecule has 1 aliphatic heterocycles. The summed E-state index contributed by atoms with van der Waals surface area (Å²) < 4.78 is 27.6. The number of sulfonamides is 1. The van der Waals surface area contributed by atoms with Gasteiger partial charge in [-0.15, -0.1) is 0 Å². The Hall–Kier alpha value is -0.570. The summed E-state index contributed by atoms with van der Waals surface area (Å²) in [5.74, 6) is 1.13. The molecule has 2 rings (SSSR count). The predicted octanol–water partition coefficient (Wildman–Crippen LogP) is 1.39. The van der Waals surface area contributed by atoms with Gasteiger partial charge in [-0.05, 0) is 38.5 Å². The van der Waals surface area contributed by atoms with Crippen LogP contribution in [0.4, 0.5) is 0 Å². The molecule has 120 valence electrons. The number of H-pyrrole nitrogens is 1. The Kier molecular flexibility index (Phi) is 6.09. The van der Waals surface area contributed by atoms with E-state index >= 15 is 0 Å². The largest absolute Gasteiger partial charge is 0.313 e. The van der Waals surface area contributed by atoms with Crippen LogP contribution in [0, 0.1) is 6.92 Å². The Morgan fingerprint density at radius 3 is 2.95 bits per heavy atom. The van der Waals surface area contributed by atoms with Crippen molar-refractivity contribution < 1.29 is 8.42 Å². The number of rotatable bonds is 8. The Labute approximate surface area is 130 Å². The van der Waals surface area contributed by atoms with E-state index in [1.165, 1.54) is 6.42 Å². The van der Waals surface area contributed by atoms with Gasteiger partial charge in [0.1, 0.15) is 0 Å². The molecule has 0 saturated carbocycles. The minimum absolute atomic E-state index is 0.131. The van der Waals surface area contributed by atoms with Crippen molar-refractivity contribution in [3.05, 3.63) is 11.3 Å². The summed E-state index contributed by atoms with van der Waals surface area (Å²) in [6.45, 7) is 5.79. The molecule has 0 aliphatic carbocycles. The Morgan fingerprint density at radius 1 is 1.48 bits per heavy atom. The van der Waals surface area contributed by atoms with Gasteiger partial charge in [-0.25, -0.2) is 13.1 Å². The molecule has 1 saturated heterocycles. The summed E-state index contributed by atoms with van der Waals surface area (Å²) in [6, 6.07) is 0. The van der Waals surface area contributed by atoms with E-state index in [1.54, 1.807) is 0 Å². The van der Waals surface area contributed by atoms with Crippen LogP contribution in [0.3, 0.4) is 0 Å². The number of hydrogen-bond donors (Lipinski definition) is 3. The third-order valence-corrected chi connectivity index (χ3v) is 6.34. The maximum atomic E-state index is 12.4. The minimum Gasteiger partial charge on any atom is -0.313 e. The van der Waals surface area contributed by atoms with Crippen LogP contribution >= 0.6 is 11.8 Å². The van der Waals surface area contributed by atoms with Gasteiger partial charge in [0, 0.05) is 29.6 Å². The van der Waals surface area contributed by atoms with Gasteiger partial charge < -0.3 is 5.32 Å². The molecule has 0 spiro atoms. The van der Waals surface area contributed by atoms with Crippen LogP contribution in [-0.4, -0.2) is 42.7 Å². The lowest BCUT2D eigenvalue weighted by atomic mass is 10.2. The fourth-order valence-corrected chi connectivity index (χ4v) is 4.91. The van der Waals surface area contributed by atoms with Crippen LogP contribution in [0.1, 0.15) is 37.4 Å². The third kappa shape index (κ3) is 4.45. The van der Waals surface area contributed by atoms with E-state index in [0.29, 0.717) is 18.3 Å². The Bertz CT molecular complexity index is 551. The van der Waals surface area contributed by atoms with Crippen LogP contribution in [0.25, 0.3) is 0 Å². The summed E-state index contributed by atoms with van der Waals surface area (Å²) >= 11 is 1.84. The number of nitrogens with zero attached hydrogens (tertiary/aromatic N) is 1. The SMILES string of the molecule is CCCNCc1c(S(=O)(=O)NCC2CCCS2)n[nH]c1C. The topological polar surface area (TPSA) is 86.9 Å². The van der Waals surface area contributed by atoms with Crippen LogP contribution in [0.5, 0.6) is 0 Å². The first-order chi connectivity index (χ1) is 10.0. The smallest absolute Gasteiger partial charge is 0.260 e. The lowest BCUT2D eigenvalue weighted by Crippen LogP contribution is -2.31. The lowest BCUT2D eigenvalue weighted by molar-refractivity contribution is 0.571. The molecule has 0 radical (unpaired) electrons. The number of thioether (sulfide) groups is 1. The molecular formula is C13H24N4O2S2. The van der Waals surface area contributed by atoms with E-state index in [1.807, 2.05) is 18.7 Å². The van der Waals surface area contributed by atoms with Crippen molar-refractivity contribution in [1.29, 1.82) is 0 Å². The van der Waals surface area contributed by atoms with E-state index in [0.717, 1.165) is 36.4 Å². The van der Waals surface area contributed by atoms with Crippen molar-refractivity contribution in [1.82, 2.24) is 20.2 Å². The summed E-state index contributed by atoms with van der Waals surface area (Å²) in [7, 11) is -3.54. The molecule has 21 heavy (non-hydrogen) atoms. The van der Waals surface area contributed by atoms with Crippen LogP contribution < -0.4 is 10.0 Å². The van der Waals surface area contributed by atoms with Crippen molar-refractivity contribution in [3.63, 3.8) is 0 Å². The molecule has 0 aromatic carbocycles. The van der Waals surface area contributed by atoms with E-state index in [4.69, 9.17) is 0 Å². The van der Waals surface area contributed by atoms with E-state index in [-0.39, 0.29) is 5.03 Å². The lowest BCUT2D eigenvalue weighted by Gasteiger charge is -2.11. The molecule has 1 aromatic heterocycles. The van der Waals surface area contributed by atoms with Crippen LogP contribution in [-0.2, 0) is 16.6 Å². The average Bonchev–Trinajstić information content (AvgIpc) is 3.08. The molecule has 2 heterocycles. The number of aryl methyl sites for hydroxylation is 1. The first-order valence-corrected chi connectivity index (χ1v) is 9.93. The molecule has 1 aromatic rings. The van der Waals surface area contributed by atoms with Crippen molar-refractivity contribution in [2.24, 2.45) is 0 Å². The number of aromatic amines is 1.